The number of carbonyl (C=O) groups excluding carboxylic acids is 2. The molecule has 0 fully saturated rings. The minimum Gasteiger partial charge on any atom is -0.550 e. The zero-order chi connectivity index (χ0) is 5.86. The molecule has 44 valence electrons. The smallest absolute Gasteiger partial charge is 0.550 e. The van der Waals surface area contributed by atoms with Crippen LogP contribution >= 0.6 is 0 Å². The van der Waals surface area contributed by atoms with Gasteiger partial charge in [-0.2, -0.15) is 0 Å². The van der Waals surface area contributed by atoms with Crippen LogP contribution in [0.5, 0.6) is 0 Å². The first kappa shape index (κ1) is 10.0. The summed E-state index contributed by atoms with van der Waals surface area (Å²) in [6, 6.07) is 0. The second-order valence-electron chi connectivity index (χ2n) is 0.921. The molecule has 0 aromatic heterocycles. The van der Waals surface area contributed by atoms with Crippen LogP contribution in [0.2, 0.25) is 0 Å². The molecule has 0 amide bonds. The van der Waals surface area contributed by atoms with Gasteiger partial charge in [0.25, 0.3) is 0 Å². The minimum absolute atomic E-state index is 0. The molecule has 0 bridgehead atoms. The molecule has 0 saturated carbocycles. The molecule has 0 rings (SSSR count). The molecule has 5 nitrogen and oxygen atoms in total. The summed E-state index contributed by atoms with van der Waals surface area (Å²) < 4.78 is 0. The maximum absolute atomic E-state index is 9.28. The lowest BCUT2D eigenvalue weighted by Gasteiger charge is -1.99. The second kappa shape index (κ2) is 4.07. The molecule has 0 aromatic carbocycles. The van der Waals surface area contributed by atoms with Gasteiger partial charge in [-0.25, -0.2) is 0 Å². The van der Waals surface area contributed by atoms with Crippen LogP contribution in [0.3, 0.4) is 0 Å². The lowest BCUT2D eigenvalue weighted by atomic mass is 10.5. The summed E-state index contributed by atoms with van der Waals surface area (Å²) in [4.78, 5) is 18.6. The molecule has 0 saturated heterocycles. The van der Waals surface area contributed by atoms with Crippen LogP contribution in [0, 0.1) is 0 Å². The van der Waals surface area contributed by atoms with E-state index in [4.69, 9.17) is 0 Å². The fourth-order valence-corrected chi connectivity index (χ4v) is 0.118. The van der Waals surface area contributed by atoms with Gasteiger partial charge in [-0.05, 0) is 0 Å². The normalized spacial score (nSPS) is 7.00. The third kappa shape index (κ3) is 8.86. The van der Waals surface area contributed by atoms with Crippen molar-refractivity contribution in [1.82, 2.24) is 0 Å². The summed E-state index contributed by atoms with van der Waals surface area (Å²) in [5.74, 6) is -3.25. The molecule has 0 heterocycles. The first-order valence-electron chi connectivity index (χ1n) is 1.52. The van der Waals surface area contributed by atoms with E-state index >= 15 is 0 Å². The van der Waals surface area contributed by atoms with Crippen LogP contribution in [0.15, 0.2) is 0 Å². The van der Waals surface area contributed by atoms with E-state index in [9.17, 15) is 19.8 Å². The fourth-order valence-electron chi connectivity index (χ4n) is 0.118. The Labute approximate surface area is 44.9 Å². The highest BCUT2D eigenvalue weighted by molar-refractivity contribution is 5.86. The van der Waals surface area contributed by atoms with Gasteiger partial charge in [0, 0.05) is 18.4 Å². The van der Waals surface area contributed by atoms with Gasteiger partial charge in [-0.15, -0.1) is 0 Å². The van der Waals surface area contributed by atoms with Crippen molar-refractivity contribution in [3.63, 3.8) is 0 Å². The van der Waals surface area contributed by atoms with Crippen molar-refractivity contribution in [3.8, 4) is 0 Å². The topological polar surface area (TPSA) is 109 Å². The van der Waals surface area contributed by atoms with Crippen LogP contribution < -0.4 is 10.2 Å². The number of aliphatic carboxylic acids is 2. The Hall–Kier alpha value is -1.10. The van der Waals surface area contributed by atoms with Crippen molar-refractivity contribution < 1.29 is 25.3 Å². The standard InChI is InChI=1S/C3H4O4.O/c4-2(5)1-3(6)7;/h1H2,(H,4,5)(H,6,7);/q;+2/p-2. The Morgan fingerprint density at radius 2 is 1.38 bits per heavy atom. The van der Waals surface area contributed by atoms with E-state index in [-0.39, 0.29) is 5.48 Å². The first-order valence-corrected chi connectivity index (χ1v) is 1.52. The van der Waals surface area contributed by atoms with E-state index in [1.165, 1.54) is 0 Å². The quantitative estimate of drug-likeness (QED) is 0.355. The monoisotopic (exact) mass is 118 g/mol. The first-order chi connectivity index (χ1) is 3.13. The van der Waals surface area contributed by atoms with E-state index in [0.29, 0.717) is 0 Å². The Morgan fingerprint density at radius 1 is 1.12 bits per heavy atom. The van der Waals surface area contributed by atoms with Gasteiger partial charge in [0.15, 0.2) is 0 Å². The third-order valence-electron chi connectivity index (χ3n) is 0.289. The van der Waals surface area contributed by atoms with E-state index in [1.54, 1.807) is 0 Å². The summed E-state index contributed by atoms with van der Waals surface area (Å²) in [5.41, 5.74) is 0. The van der Waals surface area contributed by atoms with Crippen molar-refractivity contribution >= 4 is 11.9 Å². The van der Waals surface area contributed by atoms with Gasteiger partial charge in [0.1, 0.15) is 0 Å². The van der Waals surface area contributed by atoms with Crippen LogP contribution in [0.1, 0.15) is 6.42 Å². The number of hydrogen-bond donors (Lipinski definition) is 0. The predicted molar refractivity (Wildman–Crippen MR) is 15.3 cm³/mol. The van der Waals surface area contributed by atoms with Crippen molar-refractivity contribution in [1.29, 1.82) is 0 Å². The van der Waals surface area contributed by atoms with Crippen molar-refractivity contribution in [2.24, 2.45) is 0 Å². The largest absolute Gasteiger partial charge is 2.00 e. The molecule has 0 aliphatic heterocycles. The van der Waals surface area contributed by atoms with Crippen molar-refractivity contribution in [2.75, 3.05) is 0 Å². The number of carboxylic acids is 2. The molecular weight excluding hydrogens is 116 g/mol. The van der Waals surface area contributed by atoms with E-state index in [0.717, 1.165) is 0 Å². The van der Waals surface area contributed by atoms with Crippen molar-refractivity contribution in [3.05, 3.63) is 0 Å². The molecule has 0 spiro atoms. The highest BCUT2D eigenvalue weighted by atomic mass is 16.4. The zero-order valence-corrected chi connectivity index (χ0v) is 3.75. The van der Waals surface area contributed by atoms with E-state index in [2.05, 4.69) is 0 Å². The van der Waals surface area contributed by atoms with Gasteiger partial charge >= 0.3 is 5.48 Å². The Bertz CT molecular complexity index is 83.8. The fraction of sp³-hybridized carbons (Fsp3) is 0.333. The second-order valence-corrected chi connectivity index (χ2v) is 0.921. The third-order valence-corrected chi connectivity index (χ3v) is 0.289. The number of rotatable bonds is 2. The van der Waals surface area contributed by atoms with Gasteiger partial charge < -0.3 is 19.8 Å². The number of hydrogen-bond acceptors (Lipinski definition) is 4. The molecular formula is C3H2O5. The maximum atomic E-state index is 9.28. The summed E-state index contributed by atoms with van der Waals surface area (Å²) in [6.07, 6.45) is -1.03. The highest BCUT2D eigenvalue weighted by Crippen LogP contribution is 1.66. The highest BCUT2D eigenvalue weighted by Gasteiger charge is 2.00. The van der Waals surface area contributed by atoms with Crippen LogP contribution in [-0.4, -0.2) is 11.9 Å². The molecule has 8 heavy (non-hydrogen) atoms. The summed E-state index contributed by atoms with van der Waals surface area (Å²) >= 11 is 0. The molecule has 0 unspecified atom stereocenters. The number of carbonyl (C=O) groups is 2. The Morgan fingerprint density at radius 3 is 1.38 bits per heavy atom. The van der Waals surface area contributed by atoms with Crippen LogP contribution in [0.25, 0.3) is 0 Å². The van der Waals surface area contributed by atoms with Gasteiger partial charge in [-0.3, -0.25) is 0 Å². The predicted octanol–water partition coefficient (Wildman–Crippen LogP) is -3.24. The van der Waals surface area contributed by atoms with Crippen LogP contribution in [0.4, 0.5) is 0 Å². The lowest BCUT2D eigenvalue weighted by Crippen LogP contribution is -2.32. The average molecular weight is 118 g/mol. The molecule has 0 aromatic rings. The van der Waals surface area contributed by atoms with Crippen LogP contribution in [-0.2, 0) is 15.1 Å². The van der Waals surface area contributed by atoms with E-state index < -0.39 is 18.4 Å². The van der Waals surface area contributed by atoms with Gasteiger partial charge in [-0.1, -0.05) is 0 Å². The summed E-state index contributed by atoms with van der Waals surface area (Å²) in [7, 11) is 0. The Kier molecular flexibility index (Phi) is 5.09. The average Bonchev–Trinajstić information content (AvgIpc) is 1.27. The molecule has 0 atom stereocenters. The minimum atomic E-state index is -1.63. The van der Waals surface area contributed by atoms with Crippen molar-refractivity contribution in [2.45, 2.75) is 6.42 Å². The molecule has 0 aliphatic carbocycles. The van der Waals surface area contributed by atoms with Gasteiger partial charge in [0.2, 0.25) is 0 Å². The number of carboxylic acid groups (broad SMARTS) is 2. The molecule has 0 N–H and O–H groups in total. The maximum Gasteiger partial charge on any atom is 2.00 e. The molecule has 5 heteroatoms. The SMILES string of the molecule is O=C([O-])CC(=O)[O-].[O+2]. The summed E-state index contributed by atoms with van der Waals surface area (Å²) in [5, 5.41) is 18.6. The lowest BCUT2D eigenvalue weighted by molar-refractivity contribution is -0.322. The van der Waals surface area contributed by atoms with E-state index in [1.807, 2.05) is 0 Å². The zero-order valence-electron chi connectivity index (χ0n) is 3.75. The molecule has 4 radical (unpaired) electrons. The summed E-state index contributed by atoms with van der Waals surface area (Å²) in [6.45, 7) is 0. The molecule has 0 aliphatic rings. The van der Waals surface area contributed by atoms with Gasteiger partial charge in [0.05, 0.1) is 0 Å². The Balaban J connectivity index is 0.